The number of para-hydroxylation sites is 1. The third-order valence-electron chi connectivity index (χ3n) is 5.34. The Labute approximate surface area is 166 Å². The Bertz CT molecular complexity index is 890. The average Bonchev–Trinajstić information content (AvgIpc) is 3.10. The highest BCUT2D eigenvalue weighted by atomic mass is 16.5. The number of hydrogen-bond acceptors (Lipinski definition) is 4. The molecule has 1 aromatic heterocycles. The van der Waals surface area contributed by atoms with Crippen LogP contribution in [0.15, 0.2) is 60.8 Å². The molecule has 0 radical (unpaired) electrons. The van der Waals surface area contributed by atoms with Gasteiger partial charge in [0.1, 0.15) is 11.5 Å². The predicted octanol–water partition coefficient (Wildman–Crippen LogP) is 4.23. The molecule has 0 bridgehead atoms. The van der Waals surface area contributed by atoms with Crippen molar-refractivity contribution in [3.63, 3.8) is 0 Å². The van der Waals surface area contributed by atoms with Crippen molar-refractivity contribution in [1.29, 1.82) is 0 Å². The van der Waals surface area contributed by atoms with E-state index in [0.29, 0.717) is 0 Å². The summed E-state index contributed by atoms with van der Waals surface area (Å²) in [5, 5.41) is 14.4. The average molecular weight is 377 g/mol. The van der Waals surface area contributed by atoms with E-state index in [4.69, 9.17) is 9.84 Å². The van der Waals surface area contributed by atoms with Gasteiger partial charge in [-0.2, -0.15) is 5.10 Å². The van der Waals surface area contributed by atoms with Gasteiger partial charge < -0.3 is 9.84 Å². The van der Waals surface area contributed by atoms with E-state index in [1.54, 1.807) is 0 Å². The largest absolute Gasteiger partial charge is 0.457 e. The molecule has 1 fully saturated rings. The maximum absolute atomic E-state index is 9.71. The van der Waals surface area contributed by atoms with E-state index in [0.717, 1.165) is 42.3 Å². The first-order valence-electron chi connectivity index (χ1n) is 9.93. The zero-order chi connectivity index (χ0) is 19.3. The van der Waals surface area contributed by atoms with E-state index in [1.165, 1.54) is 18.4 Å². The fourth-order valence-corrected chi connectivity index (χ4v) is 3.90. The minimum Gasteiger partial charge on any atom is -0.457 e. The number of ether oxygens (including phenoxy) is 1. The number of aryl methyl sites for hydroxylation is 1. The van der Waals surface area contributed by atoms with Crippen LogP contribution in [0, 0.1) is 0 Å². The maximum Gasteiger partial charge on any atom is 0.127 e. The molecular formula is C23H27N3O2. The van der Waals surface area contributed by atoms with Gasteiger partial charge in [0, 0.05) is 37.0 Å². The van der Waals surface area contributed by atoms with Gasteiger partial charge in [0.2, 0.25) is 0 Å². The lowest BCUT2D eigenvalue weighted by Gasteiger charge is -2.34. The van der Waals surface area contributed by atoms with Gasteiger partial charge in [-0.1, -0.05) is 24.6 Å². The Morgan fingerprint density at radius 2 is 1.79 bits per heavy atom. The van der Waals surface area contributed by atoms with Crippen molar-refractivity contribution >= 4 is 0 Å². The summed E-state index contributed by atoms with van der Waals surface area (Å²) in [7, 11) is 1.96. The zero-order valence-electron chi connectivity index (χ0n) is 16.3. The second-order valence-corrected chi connectivity index (χ2v) is 7.42. The van der Waals surface area contributed by atoms with Crippen LogP contribution < -0.4 is 4.74 Å². The van der Waals surface area contributed by atoms with E-state index in [-0.39, 0.29) is 12.6 Å². The van der Waals surface area contributed by atoms with Gasteiger partial charge in [-0.05, 0) is 55.8 Å². The Kier molecular flexibility index (Phi) is 5.74. The van der Waals surface area contributed by atoms with Crippen LogP contribution in [0.3, 0.4) is 0 Å². The molecule has 0 unspecified atom stereocenters. The molecule has 2 aromatic carbocycles. The lowest BCUT2D eigenvalue weighted by atomic mass is 10.0. The van der Waals surface area contributed by atoms with E-state index in [9.17, 15) is 5.11 Å². The Balaban J connectivity index is 1.52. The van der Waals surface area contributed by atoms with Gasteiger partial charge in [0.15, 0.2) is 0 Å². The van der Waals surface area contributed by atoms with Crippen LogP contribution >= 0.6 is 0 Å². The number of piperidine rings is 1. The van der Waals surface area contributed by atoms with Gasteiger partial charge in [-0.15, -0.1) is 0 Å². The summed E-state index contributed by atoms with van der Waals surface area (Å²) in [5.74, 6) is 1.64. The normalized spacial score (nSPS) is 17.6. The van der Waals surface area contributed by atoms with E-state index < -0.39 is 0 Å². The van der Waals surface area contributed by atoms with Crippen molar-refractivity contribution in [1.82, 2.24) is 14.7 Å². The standard InChI is InChI=1S/C23H27N3O2/c1-25-15-19(16-26-14-6-5-7-20(26)17-27)23(24-25)18-10-12-22(13-11-18)28-21-8-3-2-4-9-21/h2-4,8-13,15,20,27H,5-7,14,16-17H2,1H3/t20-/m0/s1. The molecule has 0 aliphatic carbocycles. The van der Waals surface area contributed by atoms with Crippen molar-refractivity contribution in [2.75, 3.05) is 13.2 Å². The molecule has 146 valence electrons. The highest BCUT2D eigenvalue weighted by Crippen LogP contribution is 2.29. The lowest BCUT2D eigenvalue weighted by molar-refractivity contribution is 0.0842. The van der Waals surface area contributed by atoms with Crippen LogP contribution in [0.1, 0.15) is 24.8 Å². The summed E-state index contributed by atoms with van der Waals surface area (Å²) in [6.07, 6.45) is 5.55. The van der Waals surface area contributed by atoms with Crippen LogP contribution in [0.25, 0.3) is 11.3 Å². The molecule has 4 rings (SSSR count). The number of likely N-dealkylation sites (tertiary alicyclic amines) is 1. The summed E-state index contributed by atoms with van der Waals surface area (Å²) < 4.78 is 7.77. The molecule has 1 saturated heterocycles. The number of aliphatic hydroxyl groups excluding tert-OH is 1. The van der Waals surface area contributed by atoms with E-state index >= 15 is 0 Å². The van der Waals surface area contributed by atoms with Crippen molar-refractivity contribution in [2.45, 2.75) is 31.8 Å². The van der Waals surface area contributed by atoms with Crippen LogP contribution in [-0.4, -0.2) is 39.0 Å². The molecule has 1 atom stereocenters. The van der Waals surface area contributed by atoms with Crippen molar-refractivity contribution in [2.24, 2.45) is 7.05 Å². The SMILES string of the molecule is Cn1cc(CN2CCCC[C@H]2CO)c(-c2ccc(Oc3ccccc3)cc2)n1. The molecule has 0 saturated carbocycles. The Hall–Kier alpha value is -2.63. The predicted molar refractivity (Wildman–Crippen MR) is 110 cm³/mol. The van der Waals surface area contributed by atoms with Crippen molar-refractivity contribution in [3.05, 3.63) is 66.4 Å². The zero-order valence-corrected chi connectivity index (χ0v) is 16.3. The van der Waals surface area contributed by atoms with Crippen LogP contribution in [0.4, 0.5) is 0 Å². The fourth-order valence-electron chi connectivity index (χ4n) is 3.90. The first kappa shape index (κ1) is 18.7. The minimum absolute atomic E-state index is 0.223. The van der Waals surface area contributed by atoms with Gasteiger partial charge in [0.05, 0.1) is 12.3 Å². The molecule has 28 heavy (non-hydrogen) atoms. The summed E-state index contributed by atoms with van der Waals surface area (Å²) >= 11 is 0. The molecule has 1 aliphatic rings. The molecule has 1 aliphatic heterocycles. The number of rotatable bonds is 6. The smallest absolute Gasteiger partial charge is 0.127 e. The molecule has 0 amide bonds. The third kappa shape index (κ3) is 4.26. The van der Waals surface area contributed by atoms with Gasteiger partial charge in [-0.3, -0.25) is 9.58 Å². The molecule has 5 heteroatoms. The number of nitrogens with zero attached hydrogens (tertiary/aromatic N) is 3. The van der Waals surface area contributed by atoms with Crippen molar-refractivity contribution in [3.8, 4) is 22.8 Å². The molecule has 3 aromatic rings. The van der Waals surface area contributed by atoms with Crippen LogP contribution in [-0.2, 0) is 13.6 Å². The number of aliphatic hydroxyl groups is 1. The highest BCUT2D eigenvalue weighted by molar-refractivity contribution is 5.63. The first-order chi connectivity index (χ1) is 13.7. The second kappa shape index (κ2) is 8.59. The highest BCUT2D eigenvalue weighted by Gasteiger charge is 2.23. The van der Waals surface area contributed by atoms with Crippen molar-refractivity contribution < 1.29 is 9.84 Å². The Morgan fingerprint density at radius 3 is 2.54 bits per heavy atom. The Morgan fingerprint density at radius 1 is 1.04 bits per heavy atom. The third-order valence-corrected chi connectivity index (χ3v) is 5.34. The molecule has 1 N–H and O–H groups in total. The first-order valence-corrected chi connectivity index (χ1v) is 9.93. The van der Waals surface area contributed by atoms with Gasteiger partial charge >= 0.3 is 0 Å². The lowest BCUT2D eigenvalue weighted by Crippen LogP contribution is -2.41. The number of benzene rings is 2. The van der Waals surface area contributed by atoms with E-state index in [2.05, 4.69) is 23.2 Å². The summed E-state index contributed by atoms with van der Waals surface area (Å²) in [6.45, 7) is 2.07. The monoisotopic (exact) mass is 377 g/mol. The molecular weight excluding hydrogens is 350 g/mol. The topological polar surface area (TPSA) is 50.5 Å². The van der Waals surface area contributed by atoms with Gasteiger partial charge in [0.25, 0.3) is 0 Å². The molecule has 5 nitrogen and oxygen atoms in total. The van der Waals surface area contributed by atoms with Crippen LogP contribution in [0.5, 0.6) is 11.5 Å². The van der Waals surface area contributed by atoms with Crippen LogP contribution in [0.2, 0.25) is 0 Å². The maximum atomic E-state index is 9.71. The summed E-state index contributed by atoms with van der Waals surface area (Å²) in [4.78, 5) is 2.39. The fraction of sp³-hybridized carbons (Fsp3) is 0.348. The van der Waals surface area contributed by atoms with E-state index in [1.807, 2.05) is 54.2 Å². The summed E-state index contributed by atoms with van der Waals surface area (Å²) in [5.41, 5.74) is 3.27. The quantitative estimate of drug-likeness (QED) is 0.699. The van der Waals surface area contributed by atoms with Gasteiger partial charge in [-0.25, -0.2) is 0 Å². The number of aromatic nitrogens is 2. The minimum atomic E-state index is 0.223. The number of hydrogen-bond donors (Lipinski definition) is 1. The molecule has 0 spiro atoms. The second-order valence-electron chi connectivity index (χ2n) is 7.42. The summed E-state index contributed by atoms with van der Waals surface area (Å²) in [6, 6.07) is 18.1. The molecule has 2 heterocycles.